The van der Waals surface area contributed by atoms with E-state index in [4.69, 9.17) is 10.00 Å². The van der Waals surface area contributed by atoms with Crippen molar-refractivity contribution < 1.29 is 4.74 Å². The highest BCUT2D eigenvalue weighted by Gasteiger charge is 2.22. The number of para-hydroxylation sites is 1. The molecule has 0 saturated carbocycles. The molecule has 0 amide bonds. The van der Waals surface area contributed by atoms with E-state index in [2.05, 4.69) is 11.1 Å². The lowest BCUT2D eigenvalue weighted by Gasteiger charge is -2.21. The molecule has 1 atom stereocenters. The van der Waals surface area contributed by atoms with Crippen LogP contribution in [0.1, 0.15) is 36.8 Å². The zero-order valence-electron chi connectivity index (χ0n) is 10.4. The molecule has 2 aromatic rings. The largest absolute Gasteiger partial charge is 0.370 e. The SMILES string of the molecule is Cn1c(C2CCCCO2)nc2c(C#N)cccc21. The van der Waals surface area contributed by atoms with Crippen LogP contribution in [0.2, 0.25) is 0 Å². The summed E-state index contributed by atoms with van der Waals surface area (Å²) in [6.07, 6.45) is 3.39. The number of aryl methyl sites for hydroxylation is 1. The van der Waals surface area contributed by atoms with E-state index in [1.807, 2.05) is 23.7 Å². The van der Waals surface area contributed by atoms with Gasteiger partial charge in [0.15, 0.2) is 0 Å². The Hall–Kier alpha value is -1.86. The van der Waals surface area contributed by atoms with E-state index in [-0.39, 0.29) is 6.10 Å². The van der Waals surface area contributed by atoms with Gasteiger partial charge in [-0.3, -0.25) is 0 Å². The maximum atomic E-state index is 9.12. The van der Waals surface area contributed by atoms with Crippen LogP contribution >= 0.6 is 0 Å². The number of imidazole rings is 1. The van der Waals surface area contributed by atoms with E-state index in [1.54, 1.807) is 6.07 Å². The topological polar surface area (TPSA) is 50.8 Å². The Kier molecular flexibility index (Phi) is 2.77. The number of fused-ring (bicyclic) bond motifs is 1. The van der Waals surface area contributed by atoms with Crippen LogP contribution in [-0.4, -0.2) is 16.2 Å². The first-order valence-corrected chi connectivity index (χ1v) is 6.28. The lowest BCUT2D eigenvalue weighted by Crippen LogP contribution is -2.15. The highest BCUT2D eigenvalue weighted by Crippen LogP contribution is 2.30. The molecule has 0 bridgehead atoms. The van der Waals surface area contributed by atoms with Gasteiger partial charge < -0.3 is 9.30 Å². The highest BCUT2D eigenvalue weighted by atomic mass is 16.5. The summed E-state index contributed by atoms with van der Waals surface area (Å²) >= 11 is 0. The summed E-state index contributed by atoms with van der Waals surface area (Å²) in [4.78, 5) is 4.62. The normalized spacial score (nSPS) is 19.9. The van der Waals surface area contributed by atoms with Crippen molar-refractivity contribution in [1.82, 2.24) is 9.55 Å². The van der Waals surface area contributed by atoms with Crippen LogP contribution < -0.4 is 0 Å². The molecule has 0 radical (unpaired) electrons. The van der Waals surface area contributed by atoms with Crippen LogP contribution in [0.4, 0.5) is 0 Å². The Morgan fingerprint density at radius 2 is 2.33 bits per heavy atom. The molecule has 1 aromatic carbocycles. The Balaban J connectivity index is 2.13. The van der Waals surface area contributed by atoms with Crippen molar-refractivity contribution in [2.45, 2.75) is 25.4 Å². The minimum atomic E-state index is 0.0719. The first-order valence-electron chi connectivity index (χ1n) is 6.28. The van der Waals surface area contributed by atoms with Gasteiger partial charge in [0.25, 0.3) is 0 Å². The number of nitrogens with zero attached hydrogens (tertiary/aromatic N) is 3. The van der Waals surface area contributed by atoms with Crippen molar-refractivity contribution in [3.05, 3.63) is 29.6 Å². The van der Waals surface area contributed by atoms with Crippen molar-refractivity contribution in [2.75, 3.05) is 6.61 Å². The predicted molar refractivity (Wildman–Crippen MR) is 68.0 cm³/mol. The van der Waals surface area contributed by atoms with E-state index in [9.17, 15) is 0 Å². The van der Waals surface area contributed by atoms with E-state index >= 15 is 0 Å². The quantitative estimate of drug-likeness (QED) is 0.771. The van der Waals surface area contributed by atoms with Gasteiger partial charge in [0.05, 0.1) is 11.1 Å². The zero-order chi connectivity index (χ0) is 12.5. The van der Waals surface area contributed by atoms with Crippen molar-refractivity contribution >= 4 is 11.0 Å². The molecule has 2 heterocycles. The molecule has 4 nitrogen and oxygen atoms in total. The third kappa shape index (κ3) is 1.68. The summed E-state index contributed by atoms with van der Waals surface area (Å²) in [7, 11) is 1.99. The van der Waals surface area contributed by atoms with Crippen LogP contribution in [0.25, 0.3) is 11.0 Å². The first kappa shape index (κ1) is 11.2. The van der Waals surface area contributed by atoms with E-state index in [1.165, 1.54) is 6.42 Å². The average molecular weight is 241 g/mol. The third-order valence-corrected chi connectivity index (χ3v) is 3.53. The summed E-state index contributed by atoms with van der Waals surface area (Å²) in [5, 5.41) is 9.12. The minimum Gasteiger partial charge on any atom is -0.370 e. The highest BCUT2D eigenvalue weighted by molar-refractivity contribution is 5.82. The second-order valence-corrected chi connectivity index (χ2v) is 4.67. The molecule has 1 aromatic heterocycles. The Labute approximate surface area is 106 Å². The molecule has 1 saturated heterocycles. The van der Waals surface area contributed by atoms with Gasteiger partial charge in [0, 0.05) is 13.7 Å². The van der Waals surface area contributed by atoms with Gasteiger partial charge in [-0.1, -0.05) is 6.07 Å². The smallest absolute Gasteiger partial charge is 0.138 e. The summed E-state index contributed by atoms with van der Waals surface area (Å²) in [5.74, 6) is 0.937. The molecule has 1 unspecified atom stereocenters. The fourth-order valence-electron chi connectivity index (χ4n) is 2.56. The van der Waals surface area contributed by atoms with E-state index in [0.717, 1.165) is 36.3 Å². The summed E-state index contributed by atoms with van der Waals surface area (Å²) in [5.41, 5.74) is 2.41. The van der Waals surface area contributed by atoms with Crippen LogP contribution in [0.3, 0.4) is 0 Å². The average Bonchev–Trinajstić information content (AvgIpc) is 2.77. The number of benzene rings is 1. The van der Waals surface area contributed by atoms with Crippen molar-refractivity contribution in [1.29, 1.82) is 5.26 Å². The monoisotopic (exact) mass is 241 g/mol. The molecule has 3 rings (SSSR count). The zero-order valence-corrected chi connectivity index (χ0v) is 10.4. The molecule has 0 N–H and O–H groups in total. The molecule has 18 heavy (non-hydrogen) atoms. The van der Waals surface area contributed by atoms with Gasteiger partial charge in [-0.25, -0.2) is 4.98 Å². The van der Waals surface area contributed by atoms with Gasteiger partial charge in [0.1, 0.15) is 23.5 Å². The molecular formula is C14H15N3O. The van der Waals surface area contributed by atoms with Crippen molar-refractivity contribution in [3.8, 4) is 6.07 Å². The molecule has 1 aliphatic rings. The lowest BCUT2D eigenvalue weighted by molar-refractivity contribution is 0.00817. The number of ether oxygens (including phenoxy) is 1. The van der Waals surface area contributed by atoms with E-state index in [0.29, 0.717) is 5.56 Å². The molecule has 92 valence electrons. The molecule has 0 spiro atoms. The van der Waals surface area contributed by atoms with E-state index < -0.39 is 0 Å². The molecule has 0 aliphatic carbocycles. The van der Waals surface area contributed by atoms with Gasteiger partial charge in [-0.2, -0.15) is 5.26 Å². The first-order chi connectivity index (χ1) is 8.81. The Morgan fingerprint density at radius 3 is 3.06 bits per heavy atom. The van der Waals surface area contributed by atoms with Crippen molar-refractivity contribution in [2.24, 2.45) is 7.05 Å². The Morgan fingerprint density at radius 1 is 1.44 bits per heavy atom. The maximum absolute atomic E-state index is 9.12. The van der Waals surface area contributed by atoms with Gasteiger partial charge in [-0.15, -0.1) is 0 Å². The number of hydrogen-bond acceptors (Lipinski definition) is 3. The molecule has 1 aliphatic heterocycles. The van der Waals surface area contributed by atoms with Crippen molar-refractivity contribution in [3.63, 3.8) is 0 Å². The van der Waals surface area contributed by atoms with Gasteiger partial charge in [0.2, 0.25) is 0 Å². The second kappa shape index (κ2) is 4.43. The van der Waals surface area contributed by atoms with Crippen LogP contribution in [-0.2, 0) is 11.8 Å². The number of hydrogen-bond donors (Lipinski definition) is 0. The number of nitriles is 1. The summed E-state index contributed by atoms with van der Waals surface area (Å²) in [6, 6.07) is 7.90. The lowest BCUT2D eigenvalue weighted by atomic mass is 10.1. The molecule has 1 fully saturated rings. The Bertz CT molecular complexity index is 618. The van der Waals surface area contributed by atoms with Crippen LogP contribution in [0.15, 0.2) is 18.2 Å². The standard InChI is InChI=1S/C14H15N3O/c1-17-11-6-4-5-10(9-15)13(11)16-14(17)12-7-2-3-8-18-12/h4-6,12H,2-3,7-8H2,1H3. The fourth-order valence-corrected chi connectivity index (χ4v) is 2.56. The number of aromatic nitrogens is 2. The minimum absolute atomic E-state index is 0.0719. The number of rotatable bonds is 1. The van der Waals surface area contributed by atoms with Gasteiger partial charge in [-0.05, 0) is 31.4 Å². The van der Waals surface area contributed by atoms with Crippen LogP contribution in [0.5, 0.6) is 0 Å². The van der Waals surface area contributed by atoms with Gasteiger partial charge >= 0.3 is 0 Å². The second-order valence-electron chi connectivity index (χ2n) is 4.67. The molecular weight excluding hydrogens is 226 g/mol. The third-order valence-electron chi connectivity index (χ3n) is 3.53. The molecule has 4 heteroatoms. The maximum Gasteiger partial charge on any atom is 0.138 e. The summed E-state index contributed by atoms with van der Waals surface area (Å²) < 4.78 is 7.83. The fraction of sp³-hybridized carbons (Fsp3) is 0.429. The van der Waals surface area contributed by atoms with Crippen LogP contribution in [0, 0.1) is 11.3 Å². The summed E-state index contributed by atoms with van der Waals surface area (Å²) in [6.45, 7) is 0.805. The predicted octanol–water partition coefficient (Wildman–Crippen LogP) is 2.69.